The van der Waals surface area contributed by atoms with Crippen LogP contribution in [0.4, 0.5) is 0 Å². The lowest BCUT2D eigenvalue weighted by atomic mass is 9.85. The number of carbonyl (C=O) groups excluding carboxylic acids is 3. The first-order valence-electron chi connectivity index (χ1n) is 6.81. The van der Waals surface area contributed by atoms with Gasteiger partial charge in [0.1, 0.15) is 6.04 Å². The zero-order chi connectivity index (χ0) is 15.1. The highest BCUT2D eigenvalue weighted by Gasteiger charge is 2.26. The number of amides is 2. The van der Waals surface area contributed by atoms with Gasteiger partial charge in [-0.2, -0.15) is 0 Å². The van der Waals surface area contributed by atoms with Crippen LogP contribution in [0.3, 0.4) is 0 Å². The lowest BCUT2D eigenvalue weighted by molar-refractivity contribution is -0.144. The number of nitrogens with one attached hydrogen (secondary N) is 2. The minimum atomic E-state index is -0.689. The van der Waals surface area contributed by atoms with Crippen LogP contribution in [-0.4, -0.2) is 43.5 Å². The van der Waals surface area contributed by atoms with E-state index in [0.717, 1.165) is 25.7 Å². The molecule has 0 saturated heterocycles. The van der Waals surface area contributed by atoms with Gasteiger partial charge in [-0.05, 0) is 25.7 Å². The molecular formula is C13H23N3O4. The second-order valence-electron chi connectivity index (χ2n) is 5.14. The molecule has 1 fully saturated rings. The molecule has 1 unspecified atom stereocenters. The molecular weight excluding hydrogens is 262 g/mol. The highest BCUT2D eigenvalue weighted by molar-refractivity contribution is 5.83. The van der Waals surface area contributed by atoms with Gasteiger partial charge in [-0.15, -0.1) is 0 Å². The van der Waals surface area contributed by atoms with Gasteiger partial charge < -0.3 is 21.1 Å². The van der Waals surface area contributed by atoms with Crippen LogP contribution in [0.15, 0.2) is 0 Å². The molecule has 0 aliphatic heterocycles. The summed E-state index contributed by atoms with van der Waals surface area (Å²) >= 11 is 0. The fourth-order valence-corrected chi connectivity index (χ4v) is 2.45. The SMILES string of the molecule is COC(=O)C(CNC1CCC(C(N)=O)CC1)NC(C)=O. The molecule has 7 heteroatoms. The molecule has 7 nitrogen and oxygen atoms in total. The van der Waals surface area contributed by atoms with E-state index in [4.69, 9.17) is 5.73 Å². The number of ether oxygens (including phenoxy) is 1. The van der Waals surface area contributed by atoms with Crippen molar-refractivity contribution in [1.82, 2.24) is 10.6 Å². The summed E-state index contributed by atoms with van der Waals surface area (Å²) in [4.78, 5) is 33.6. The second kappa shape index (κ2) is 7.84. The van der Waals surface area contributed by atoms with E-state index in [2.05, 4.69) is 15.4 Å². The van der Waals surface area contributed by atoms with Crippen LogP contribution < -0.4 is 16.4 Å². The standard InChI is InChI=1S/C13H23N3O4/c1-8(17)16-11(13(19)20-2)7-15-10-5-3-9(4-6-10)12(14)18/h9-11,15H,3-7H2,1-2H3,(H2,14,18)(H,16,17). The van der Waals surface area contributed by atoms with Crippen LogP contribution >= 0.6 is 0 Å². The van der Waals surface area contributed by atoms with E-state index in [1.165, 1.54) is 14.0 Å². The van der Waals surface area contributed by atoms with Gasteiger partial charge in [0.2, 0.25) is 11.8 Å². The molecule has 1 atom stereocenters. The van der Waals surface area contributed by atoms with Crippen molar-refractivity contribution in [2.75, 3.05) is 13.7 Å². The Morgan fingerprint density at radius 3 is 2.30 bits per heavy atom. The Hall–Kier alpha value is -1.63. The zero-order valence-electron chi connectivity index (χ0n) is 12.0. The summed E-state index contributed by atoms with van der Waals surface area (Å²) in [7, 11) is 1.29. The topological polar surface area (TPSA) is 111 Å². The van der Waals surface area contributed by atoms with Gasteiger partial charge in [0.15, 0.2) is 0 Å². The molecule has 0 radical (unpaired) electrons. The molecule has 0 aromatic rings. The van der Waals surface area contributed by atoms with Crippen LogP contribution in [0.1, 0.15) is 32.6 Å². The van der Waals surface area contributed by atoms with Crippen molar-refractivity contribution in [1.29, 1.82) is 0 Å². The molecule has 0 spiro atoms. The fraction of sp³-hybridized carbons (Fsp3) is 0.769. The van der Waals surface area contributed by atoms with Crippen molar-refractivity contribution in [3.05, 3.63) is 0 Å². The van der Waals surface area contributed by atoms with Crippen LogP contribution in [0.25, 0.3) is 0 Å². The third kappa shape index (κ3) is 5.16. The molecule has 0 bridgehead atoms. The Morgan fingerprint density at radius 1 is 1.25 bits per heavy atom. The molecule has 20 heavy (non-hydrogen) atoms. The van der Waals surface area contributed by atoms with Crippen molar-refractivity contribution < 1.29 is 19.1 Å². The number of hydrogen-bond acceptors (Lipinski definition) is 5. The van der Waals surface area contributed by atoms with Gasteiger partial charge in [-0.1, -0.05) is 0 Å². The molecule has 0 aromatic carbocycles. The normalized spacial score (nSPS) is 23.7. The average molecular weight is 285 g/mol. The van der Waals surface area contributed by atoms with Crippen LogP contribution in [0.2, 0.25) is 0 Å². The maximum atomic E-state index is 11.5. The third-order valence-corrected chi connectivity index (χ3v) is 3.60. The molecule has 4 N–H and O–H groups in total. The van der Waals surface area contributed by atoms with Gasteiger partial charge >= 0.3 is 5.97 Å². The molecule has 114 valence electrons. The summed E-state index contributed by atoms with van der Waals surface area (Å²) in [6, 6.07) is -0.460. The maximum Gasteiger partial charge on any atom is 0.329 e. The summed E-state index contributed by atoms with van der Waals surface area (Å²) in [6.45, 7) is 1.67. The maximum absolute atomic E-state index is 11.5. The first kappa shape index (κ1) is 16.4. The Morgan fingerprint density at radius 2 is 1.85 bits per heavy atom. The third-order valence-electron chi connectivity index (χ3n) is 3.60. The number of nitrogens with two attached hydrogens (primary N) is 1. The van der Waals surface area contributed by atoms with Gasteiger partial charge in [0, 0.05) is 25.4 Å². The Labute approximate surface area is 118 Å². The predicted molar refractivity (Wildman–Crippen MR) is 72.6 cm³/mol. The minimum absolute atomic E-state index is 0.0419. The molecule has 1 aliphatic rings. The lowest BCUT2D eigenvalue weighted by Crippen LogP contribution is -2.49. The number of rotatable bonds is 6. The number of hydrogen-bond donors (Lipinski definition) is 3. The molecule has 0 aromatic heterocycles. The summed E-state index contributed by atoms with van der Waals surface area (Å²) < 4.78 is 4.65. The molecule has 2 amide bonds. The van der Waals surface area contributed by atoms with E-state index >= 15 is 0 Å². The van der Waals surface area contributed by atoms with Crippen LogP contribution in [0.5, 0.6) is 0 Å². The molecule has 1 aliphatic carbocycles. The monoisotopic (exact) mass is 285 g/mol. The lowest BCUT2D eigenvalue weighted by Gasteiger charge is -2.28. The second-order valence-corrected chi connectivity index (χ2v) is 5.14. The number of esters is 1. The number of carbonyl (C=O) groups is 3. The van der Waals surface area contributed by atoms with Gasteiger partial charge in [-0.25, -0.2) is 4.79 Å². The van der Waals surface area contributed by atoms with Crippen molar-refractivity contribution in [3.8, 4) is 0 Å². The highest BCUT2D eigenvalue weighted by atomic mass is 16.5. The van der Waals surface area contributed by atoms with E-state index < -0.39 is 12.0 Å². The first-order chi connectivity index (χ1) is 9.43. The van der Waals surface area contributed by atoms with Crippen molar-refractivity contribution in [2.24, 2.45) is 11.7 Å². The Bertz CT molecular complexity index is 365. The Balaban J connectivity index is 2.38. The van der Waals surface area contributed by atoms with Crippen molar-refractivity contribution >= 4 is 17.8 Å². The predicted octanol–water partition coefficient (Wildman–Crippen LogP) is -0.702. The average Bonchev–Trinajstić information content (AvgIpc) is 2.42. The van der Waals surface area contributed by atoms with E-state index in [1.807, 2.05) is 0 Å². The van der Waals surface area contributed by atoms with Crippen molar-refractivity contribution in [3.63, 3.8) is 0 Å². The fourth-order valence-electron chi connectivity index (χ4n) is 2.45. The smallest absolute Gasteiger partial charge is 0.329 e. The number of primary amides is 1. The van der Waals surface area contributed by atoms with E-state index in [-0.39, 0.29) is 23.8 Å². The van der Waals surface area contributed by atoms with Crippen molar-refractivity contribution in [2.45, 2.75) is 44.7 Å². The highest BCUT2D eigenvalue weighted by Crippen LogP contribution is 2.23. The Kier molecular flexibility index (Phi) is 6.44. The van der Waals surface area contributed by atoms with Crippen LogP contribution in [0, 0.1) is 5.92 Å². The molecule has 1 saturated carbocycles. The van der Waals surface area contributed by atoms with E-state index in [0.29, 0.717) is 6.54 Å². The van der Waals surface area contributed by atoms with Gasteiger partial charge in [0.25, 0.3) is 0 Å². The van der Waals surface area contributed by atoms with E-state index in [9.17, 15) is 14.4 Å². The molecule has 1 rings (SSSR count). The quantitative estimate of drug-likeness (QED) is 0.559. The van der Waals surface area contributed by atoms with Gasteiger partial charge in [-0.3, -0.25) is 9.59 Å². The summed E-state index contributed by atoms with van der Waals surface area (Å²) in [5.74, 6) is -1.04. The first-order valence-corrected chi connectivity index (χ1v) is 6.81. The summed E-state index contributed by atoms with van der Waals surface area (Å²) in [5, 5.41) is 5.78. The van der Waals surface area contributed by atoms with E-state index in [1.54, 1.807) is 0 Å². The number of methoxy groups -OCH3 is 1. The zero-order valence-corrected chi connectivity index (χ0v) is 12.0. The molecule has 0 heterocycles. The van der Waals surface area contributed by atoms with Crippen LogP contribution in [-0.2, 0) is 19.1 Å². The largest absolute Gasteiger partial charge is 0.467 e. The summed E-state index contributed by atoms with van der Waals surface area (Å²) in [6.07, 6.45) is 3.19. The minimum Gasteiger partial charge on any atom is -0.467 e. The summed E-state index contributed by atoms with van der Waals surface area (Å²) in [5.41, 5.74) is 5.28. The van der Waals surface area contributed by atoms with Gasteiger partial charge in [0.05, 0.1) is 7.11 Å².